The van der Waals surface area contributed by atoms with Crippen LogP contribution < -0.4 is 5.56 Å². The van der Waals surface area contributed by atoms with Gasteiger partial charge in [0.25, 0.3) is 5.56 Å². The predicted molar refractivity (Wildman–Crippen MR) is 77.4 cm³/mol. The summed E-state index contributed by atoms with van der Waals surface area (Å²) in [6.45, 7) is 0. The van der Waals surface area contributed by atoms with E-state index in [0.29, 0.717) is 10.7 Å². The van der Waals surface area contributed by atoms with Gasteiger partial charge in [0, 0.05) is 29.7 Å². The molecule has 2 aromatic heterocycles. The van der Waals surface area contributed by atoms with Crippen molar-refractivity contribution in [2.75, 3.05) is 0 Å². The number of rotatable bonds is 1. The zero-order valence-corrected chi connectivity index (χ0v) is 11.1. The number of benzene rings is 1. The fraction of sp³-hybridized carbons (Fsp3) is 0.0667. The third-order valence-corrected chi connectivity index (χ3v) is 3.36. The number of nitrogens with zero attached hydrogens (tertiary/aromatic N) is 2. The van der Waals surface area contributed by atoms with Crippen LogP contribution >= 0.6 is 11.6 Å². The van der Waals surface area contributed by atoms with E-state index in [9.17, 15) is 4.79 Å². The molecule has 4 heteroatoms. The SMILES string of the molecule is Cn1c(=O)cc(-c2cccc(Cl)c2)c2cccnc21. The van der Waals surface area contributed by atoms with Crippen LogP contribution in [0.25, 0.3) is 22.2 Å². The average molecular weight is 271 g/mol. The number of hydrogen-bond acceptors (Lipinski definition) is 2. The highest BCUT2D eigenvalue weighted by Gasteiger charge is 2.09. The lowest BCUT2D eigenvalue weighted by molar-refractivity contribution is 0.888. The minimum absolute atomic E-state index is 0.0822. The van der Waals surface area contributed by atoms with Crippen LogP contribution in [0.3, 0.4) is 0 Å². The molecule has 3 rings (SSSR count). The third-order valence-electron chi connectivity index (χ3n) is 3.13. The molecule has 19 heavy (non-hydrogen) atoms. The number of aromatic nitrogens is 2. The van der Waals surface area contributed by atoms with Crippen LogP contribution in [0.1, 0.15) is 0 Å². The second-order valence-electron chi connectivity index (χ2n) is 4.34. The topological polar surface area (TPSA) is 34.9 Å². The van der Waals surface area contributed by atoms with Crippen molar-refractivity contribution in [2.45, 2.75) is 0 Å². The summed E-state index contributed by atoms with van der Waals surface area (Å²) in [5.74, 6) is 0. The number of aryl methyl sites for hydroxylation is 1. The average Bonchev–Trinajstić information content (AvgIpc) is 2.43. The van der Waals surface area contributed by atoms with Crippen molar-refractivity contribution in [1.29, 1.82) is 0 Å². The molecule has 2 heterocycles. The van der Waals surface area contributed by atoms with Gasteiger partial charge in [-0.15, -0.1) is 0 Å². The molecule has 1 aromatic carbocycles. The Morgan fingerprint density at radius 3 is 2.79 bits per heavy atom. The molecule has 0 radical (unpaired) electrons. The number of pyridine rings is 2. The normalized spacial score (nSPS) is 10.8. The van der Waals surface area contributed by atoms with Gasteiger partial charge in [-0.2, -0.15) is 0 Å². The predicted octanol–water partition coefficient (Wildman–Crippen LogP) is 3.25. The first kappa shape index (κ1) is 11.9. The highest BCUT2D eigenvalue weighted by molar-refractivity contribution is 6.30. The van der Waals surface area contributed by atoms with Crippen molar-refractivity contribution in [1.82, 2.24) is 9.55 Å². The first-order valence-corrected chi connectivity index (χ1v) is 6.25. The van der Waals surface area contributed by atoms with Gasteiger partial charge in [-0.25, -0.2) is 4.98 Å². The molecule has 0 unspecified atom stereocenters. The summed E-state index contributed by atoms with van der Waals surface area (Å²) in [4.78, 5) is 16.3. The molecular weight excluding hydrogens is 260 g/mol. The van der Waals surface area contributed by atoms with E-state index in [4.69, 9.17) is 11.6 Å². The molecular formula is C15H11ClN2O. The summed E-state index contributed by atoms with van der Waals surface area (Å²) in [5, 5.41) is 1.59. The molecule has 0 saturated carbocycles. The zero-order valence-electron chi connectivity index (χ0n) is 10.3. The van der Waals surface area contributed by atoms with Gasteiger partial charge in [-0.1, -0.05) is 23.7 Å². The van der Waals surface area contributed by atoms with Crippen molar-refractivity contribution >= 4 is 22.6 Å². The van der Waals surface area contributed by atoms with Gasteiger partial charge >= 0.3 is 0 Å². The van der Waals surface area contributed by atoms with Crippen LogP contribution in [0, 0.1) is 0 Å². The van der Waals surface area contributed by atoms with Crippen molar-refractivity contribution in [2.24, 2.45) is 7.05 Å². The monoisotopic (exact) mass is 270 g/mol. The molecule has 0 spiro atoms. The number of hydrogen-bond donors (Lipinski definition) is 0. The van der Waals surface area contributed by atoms with Crippen LogP contribution in [-0.2, 0) is 7.05 Å². The summed E-state index contributed by atoms with van der Waals surface area (Å²) < 4.78 is 1.55. The molecule has 0 saturated heterocycles. The van der Waals surface area contributed by atoms with Gasteiger partial charge in [0.15, 0.2) is 0 Å². The Kier molecular flexibility index (Phi) is 2.84. The van der Waals surface area contributed by atoms with Gasteiger partial charge in [0.05, 0.1) is 0 Å². The zero-order chi connectivity index (χ0) is 13.4. The van der Waals surface area contributed by atoms with Crippen molar-refractivity contribution in [3.63, 3.8) is 0 Å². The Balaban J connectivity index is 2.42. The second kappa shape index (κ2) is 4.52. The maximum atomic E-state index is 12.0. The molecule has 0 amide bonds. The minimum atomic E-state index is -0.0822. The maximum Gasteiger partial charge on any atom is 0.252 e. The van der Waals surface area contributed by atoms with E-state index in [1.54, 1.807) is 23.9 Å². The molecule has 0 aliphatic heterocycles. The van der Waals surface area contributed by atoms with E-state index < -0.39 is 0 Å². The van der Waals surface area contributed by atoms with E-state index in [0.717, 1.165) is 16.5 Å². The van der Waals surface area contributed by atoms with Crippen molar-refractivity contribution < 1.29 is 0 Å². The van der Waals surface area contributed by atoms with E-state index in [1.807, 2.05) is 36.4 Å². The summed E-state index contributed by atoms with van der Waals surface area (Å²) >= 11 is 6.02. The Morgan fingerprint density at radius 2 is 2.00 bits per heavy atom. The lowest BCUT2D eigenvalue weighted by Gasteiger charge is -2.09. The summed E-state index contributed by atoms with van der Waals surface area (Å²) in [5.41, 5.74) is 2.36. The molecule has 0 N–H and O–H groups in total. The maximum absolute atomic E-state index is 12.0. The lowest BCUT2D eigenvalue weighted by atomic mass is 10.0. The summed E-state index contributed by atoms with van der Waals surface area (Å²) in [6.07, 6.45) is 1.68. The Labute approximate surface area is 115 Å². The smallest absolute Gasteiger partial charge is 0.252 e. The van der Waals surface area contributed by atoms with Crippen LogP contribution in [-0.4, -0.2) is 9.55 Å². The van der Waals surface area contributed by atoms with Gasteiger partial charge in [0.2, 0.25) is 0 Å². The molecule has 3 nitrogen and oxygen atoms in total. The highest BCUT2D eigenvalue weighted by atomic mass is 35.5. The summed E-state index contributed by atoms with van der Waals surface area (Å²) in [6, 6.07) is 12.9. The van der Waals surface area contributed by atoms with E-state index in [2.05, 4.69) is 4.98 Å². The van der Waals surface area contributed by atoms with Crippen molar-refractivity contribution in [3.8, 4) is 11.1 Å². The van der Waals surface area contributed by atoms with Crippen LogP contribution in [0.4, 0.5) is 0 Å². The summed E-state index contributed by atoms with van der Waals surface area (Å²) in [7, 11) is 1.72. The van der Waals surface area contributed by atoms with Crippen LogP contribution in [0.15, 0.2) is 53.5 Å². The first-order chi connectivity index (χ1) is 9.16. The van der Waals surface area contributed by atoms with Crippen LogP contribution in [0.5, 0.6) is 0 Å². The standard InChI is InChI=1S/C15H11ClN2O/c1-18-14(19)9-13(10-4-2-5-11(16)8-10)12-6-3-7-17-15(12)18/h2-9H,1H3. The highest BCUT2D eigenvalue weighted by Crippen LogP contribution is 2.27. The van der Waals surface area contributed by atoms with Gasteiger partial charge in [-0.3, -0.25) is 9.36 Å². The quantitative estimate of drug-likeness (QED) is 0.680. The molecule has 0 fully saturated rings. The van der Waals surface area contributed by atoms with E-state index in [1.165, 1.54) is 0 Å². The lowest BCUT2D eigenvalue weighted by Crippen LogP contribution is -2.17. The fourth-order valence-electron chi connectivity index (χ4n) is 2.17. The van der Waals surface area contributed by atoms with E-state index in [-0.39, 0.29) is 5.56 Å². The van der Waals surface area contributed by atoms with Crippen LogP contribution in [0.2, 0.25) is 5.02 Å². The number of halogens is 1. The van der Waals surface area contributed by atoms with Gasteiger partial charge in [0.1, 0.15) is 5.65 Å². The minimum Gasteiger partial charge on any atom is -0.296 e. The fourth-order valence-corrected chi connectivity index (χ4v) is 2.36. The van der Waals surface area contributed by atoms with E-state index >= 15 is 0 Å². The Hall–Kier alpha value is -2.13. The Morgan fingerprint density at radius 1 is 1.16 bits per heavy atom. The first-order valence-electron chi connectivity index (χ1n) is 5.87. The van der Waals surface area contributed by atoms with Crippen molar-refractivity contribution in [3.05, 3.63) is 64.0 Å². The molecule has 3 aromatic rings. The molecule has 0 atom stereocenters. The molecule has 0 bridgehead atoms. The second-order valence-corrected chi connectivity index (χ2v) is 4.78. The molecule has 0 aliphatic rings. The number of fused-ring (bicyclic) bond motifs is 1. The van der Waals surface area contributed by atoms with Gasteiger partial charge < -0.3 is 0 Å². The molecule has 94 valence electrons. The largest absolute Gasteiger partial charge is 0.296 e. The third kappa shape index (κ3) is 2.02. The Bertz CT molecular complexity index is 824. The molecule has 0 aliphatic carbocycles. The van der Waals surface area contributed by atoms with Gasteiger partial charge in [-0.05, 0) is 35.4 Å².